The van der Waals surface area contributed by atoms with Gasteiger partial charge >= 0.3 is 5.97 Å². The summed E-state index contributed by atoms with van der Waals surface area (Å²) in [4.78, 5) is 24.1. The number of carbonyl (C=O) groups is 2. The molecule has 0 saturated carbocycles. The first-order valence-electron chi connectivity index (χ1n) is 6.12. The van der Waals surface area contributed by atoms with Gasteiger partial charge in [0.2, 0.25) is 5.91 Å². The van der Waals surface area contributed by atoms with Gasteiger partial charge in [-0.3, -0.25) is 14.5 Å². The van der Waals surface area contributed by atoms with Gasteiger partial charge in [-0.1, -0.05) is 29.8 Å². The highest BCUT2D eigenvalue weighted by Crippen LogP contribution is 2.20. The number of benzene rings is 1. The Kier molecular flexibility index (Phi) is 6.76. The van der Waals surface area contributed by atoms with E-state index in [0.29, 0.717) is 23.8 Å². The highest BCUT2D eigenvalue weighted by Gasteiger charge is 2.11. The summed E-state index contributed by atoms with van der Waals surface area (Å²) in [6, 6.07) is 6.94. The molecule has 0 unspecified atom stereocenters. The Morgan fingerprint density at radius 3 is 2.70 bits per heavy atom. The van der Waals surface area contributed by atoms with Crippen molar-refractivity contribution in [2.45, 2.75) is 6.42 Å². The summed E-state index contributed by atoms with van der Waals surface area (Å²) < 4.78 is 0. The quantitative estimate of drug-likeness (QED) is 0.722. The van der Waals surface area contributed by atoms with Crippen LogP contribution in [0.5, 0.6) is 0 Å². The summed E-state index contributed by atoms with van der Waals surface area (Å²) in [5, 5.41) is 11.9. The van der Waals surface area contributed by atoms with Gasteiger partial charge < -0.3 is 10.4 Å². The number of nitrogens with zero attached hydrogens (tertiary/aromatic N) is 1. The zero-order valence-corrected chi connectivity index (χ0v) is 11.8. The van der Waals surface area contributed by atoms with E-state index in [2.05, 4.69) is 11.9 Å². The SMILES string of the molecule is C=CCN(CCC(=O)Nc1ccccc1Cl)CC(=O)O. The lowest BCUT2D eigenvalue weighted by molar-refractivity contribution is -0.138. The normalized spacial score (nSPS) is 10.3. The predicted octanol–water partition coefficient (Wildman–Crippen LogP) is 2.24. The van der Waals surface area contributed by atoms with Gasteiger partial charge in [-0.2, -0.15) is 0 Å². The number of aliphatic carboxylic acids is 1. The maximum absolute atomic E-state index is 11.8. The van der Waals surface area contributed by atoms with Crippen LogP contribution in [0, 0.1) is 0 Å². The van der Waals surface area contributed by atoms with Crippen LogP contribution in [0.4, 0.5) is 5.69 Å². The van der Waals surface area contributed by atoms with E-state index in [4.69, 9.17) is 16.7 Å². The van der Waals surface area contributed by atoms with E-state index in [9.17, 15) is 9.59 Å². The second kappa shape index (κ2) is 8.35. The number of rotatable bonds is 8. The smallest absolute Gasteiger partial charge is 0.317 e. The number of amides is 1. The highest BCUT2D eigenvalue weighted by molar-refractivity contribution is 6.33. The van der Waals surface area contributed by atoms with Crippen LogP contribution in [-0.4, -0.2) is 41.5 Å². The van der Waals surface area contributed by atoms with Gasteiger partial charge in [0.25, 0.3) is 0 Å². The Morgan fingerprint density at radius 2 is 2.10 bits per heavy atom. The Morgan fingerprint density at radius 1 is 1.40 bits per heavy atom. The molecule has 108 valence electrons. The predicted molar refractivity (Wildman–Crippen MR) is 79.0 cm³/mol. The first-order valence-corrected chi connectivity index (χ1v) is 6.50. The molecule has 1 amide bonds. The lowest BCUT2D eigenvalue weighted by Crippen LogP contribution is -2.32. The minimum absolute atomic E-state index is 0.120. The number of carboxylic acid groups (broad SMARTS) is 1. The van der Waals surface area contributed by atoms with Crippen LogP contribution in [0.25, 0.3) is 0 Å². The summed E-state index contributed by atoms with van der Waals surface area (Å²) in [6.07, 6.45) is 1.79. The van der Waals surface area contributed by atoms with Crippen LogP contribution < -0.4 is 5.32 Å². The van der Waals surface area contributed by atoms with Crippen LogP contribution in [0.1, 0.15) is 6.42 Å². The molecule has 0 aliphatic carbocycles. The van der Waals surface area contributed by atoms with Gasteiger partial charge in [0, 0.05) is 19.5 Å². The van der Waals surface area contributed by atoms with Crippen molar-refractivity contribution in [1.29, 1.82) is 0 Å². The fourth-order valence-corrected chi connectivity index (χ4v) is 1.83. The van der Waals surface area contributed by atoms with Crippen molar-refractivity contribution in [2.24, 2.45) is 0 Å². The first kappa shape index (κ1) is 16.2. The van der Waals surface area contributed by atoms with E-state index < -0.39 is 5.97 Å². The Labute approximate surface area is 122 Å². The lowest BCUT2D eigenvalue weighted by Gasteiger charge is -2.17. The van der Waals surface area contributed by atoms with E-state index in [-0.39, 0.29) is 18.9 Å². The third kappa shape index (κ3) is 5.86. The van der Waals surface area contributed by atoms with Crippen LogP contribution in [-0.2, 0) is 9.59 Å². The minimum Gasteiger partial charge on any atom is -0.480 e. The Balaban J connectivity index is 2.47. The molecule has 0 aliphatic heterocycles. The molecule has 0 spiro atoms. The molecule has 1 aromatic rings. The number of carboxylic acids is 1. The second-order valence-electron chi connectivity index (χ2n) is 4.20. The summed E-state index contributed by atoms with van der Waals surface area (Å²) in [5.74, 6) is -1.14. The Bertz CT molecular complexity index is 491. The van der Waals surface area contributed by atoms with Gasteiger partial charge in [-0.25, -0.2) is 0 Å². The summed E-state index contributed by atoms with van der Waals surface area (Å²) >= 11 is 5.93. The van der Waals surface area contributed by atoms with Crippen molar-refractivity contribution in [1.82, 2.24) is 4.90 Å². The molecule has 0 aliphatic rings. The van der Waals surface area contributed by atoms with Crippen molar-refractivity contribution in [3.05, 3.63) is 41.9 Å². The molecule has 5 nitrogen and oxygen atoms in total. The van der Waals surface area contributed by atoms with E-state index in [1.54, 1.807) is 35.2 Å². The number of carbonyl (C=O) groups excluding carboxylic acids is 1. The average Bonchev–Trinajstić information content (AvgIpc) is 2.38. The lowest BCUT2D eigenvalue weighted by atomic mass is 10.3. The van der Waals surface area contributed by atoms with Gasteiger partial charge in [0.15, 0.2) is 0 Å². The van der Waals surface area contributed by atoms with Gasteiger partial charge in [0.05, 0.1) is 17.3 Å². The zero-order valence-electron chi connectivity index (χ0n) is 11.0. The van der Waals surface area contributed by atoms with E-state index in [1.165, 1.54) is 0 Å². The van der Waals surface area contributed by atoms with Crippen molar-refractivity contribution in [3.8, 4) is 0 Å². The van der Waals surface area contributed by atoms with E-state index in [0.717, 1.165) is 0 Å². The molecule has 1 aromatic carbocycles. The molecular formula is C14H17ClN2O3. The molecule has 0 heterocycles. The van der Waals surface area contributed by atoms with Crippen LogP contribution in [0.3, 0.4) is 0 Å². The monoisotopic (exact) mass is 296 g/mol. The summed E-state index contributed by atoms with van der Waals surface area (Å²) in [7, 11) is 0. The molecular weight excluding hydrogens is 280 g/mol. The Hall–Kier alpha value is -1.85. The molecule has 0 atom stereocenters. The number of hydrogen-bond acceptors (Lipinski definition) is 3. The topological polar surface area (TPSA) is 69.6 Å². The molecule has 0 bridgehead atoms. The number of hydrogen-bond donors (Lipinski definition) is 2. The third-order valence-corrected chi connectivity index (χ3v) is 2.88. The van der Waals surface area contributed by atoms with Crippen LogP contribution in [0.15, 0.2) is 36.9 Å². The van der Waals surface area contributed by atoms with Crippen LogP contribution >= 0.6 is 11.6 Å². The van der Waals surface area contributed by atoms with Gasteiger partial charge in [0.1, 0.15) is 0 Å². The van der Waals surface area contributed by atoms with Crippen molar-refractivity contribution in [2.75, 3.05) is 25.0 Å². The number of anilines is 1. The third-order valence-electron chi connectivity index (χ3n) is 2.55. The summed E-state index contributed by atoms with van der Waals surface area (Å²) in [5.41, 5.74) is 0.549. The maximum atomic E-state index is 11.8. The first-order chi connectivity index (χ1) is 9.52. The number of para-hydroxylation sites is 1. The minimum atomic E-state index is -0.932. The van der Waals surface area contributed by atoms with Crippen molar-refractivity contribution in [3.63, 3.8) is 0 Å². The largest absolute Gasteiger partial charge is 0.480 e. The van der Waals surface area contributed by atoms with Gasteiger partial charge in [-0.05, 0) is 12.1 Å². The second-order valence-corrected chi connectivity index (χ2v) is 4.60. The maximum Gasteiger partial charge on any atom is 0.317 e. The molecule has 1 rings (SSSR count). The number of halogens is 1. The standard InChI is InChI=1S/C14H17ClN2O3/c1-2-8-17(10-14(19)20)9-7-13(18)16-12-6-4-3-5-11(12)15/h2-6H,1,7-10H2,(H,16,18)(H,19,20). The molecule has 0 fully saturated rings. The molecule has 0 saturated heterocycles. The summed E-state index contributed by atoms with van der Waals surface area (Å²) in [6.45, 7) is 4.21. The van der Waals surface area contributed by atoms with Crippen molar-refractivity contribution < 1.29 is 14.7 Å². The van der Waals surface area contributed by atoms with Gasteiger partial charge in [-0.15, -0.1) is 6.58 Å². The fourth-order valence-electron chi connectivity index (χ4n) is 1.64. The molecule has 2 N–H and O–H groups in total. The number of nitrogens with one attached hydrogen (secondary N) is 1. The molecule has 20 heavy (non-hydrogen) atoms. The van der Waals surface area contributed by atoms with Crippen molar-refractivity contribution >= 4 is 29.2 Å². The highest BCUT2D eigenvalue weighted by atomic mass is 35.5. The fraction of sp³-hybridized carbons (Fsp3) is 0.286. The molecule has 0 aromatic heterocycles. The average molecular weight is 297 g/mol. The van der Waals surface area contributed by atoms with E-state index >= 15 is 0 Å². The van der Waals surface area contributed by atoms with E-state index in [1.807, 2.05) is 0 Å². The molecule has 6 heteroatoms. The molecule has 0 radical (unpaired) electrons. The zero-order chi connectivity index (χ0) is 15.0. The van der Waals surface area contributed by atoms with Crippen LogP contribution in [0.2, 0.25) is 5.02 Å².